The Morgan fingerprint density at radius 2 is 0.457 bits per heavy atom. The molecule has 17 nitrogen and oxygen atoms in total. The standard InChI is InChI=1S/C108H69N17Si2/c1-6-34-73(35-7-1)126(74-36-8-2-9-37-74,75-38-10-3-11-39-75)101-68-99(122-93-57-28-24-53-89(93)118-87-51-22-18-47-81(87)109-105(118)122)113-103(115-101)125-96-60-31-27-56-92(96)121-98-66-71(62-64-84(98)112-108(121)125)70-61-63-83-97(65-70)120-90-54-25-29-58-94(90)123(106(120)111-83)100-69-102(116-104(114-100)124-95-59-30-26-55-91(95)119-88-52-23-19-48-82(88)110-107(119)124)127(76-40-12-4-13-41-76,77-42-14-5-15-43-77)78-44-32-33-72(67-78)117-85-49-20-16-45-79(85)80-46-17-21-50-86(80)117/h1-69H. The van der Waals surface area contributed by atoms with Gasteiger partial charge in [-0.1, -0.05) is 285 Å². The van der Waals surface area contributed by atoms with Crippen LogP contribution in [0.4, 0.5) is 0 Å². The van der Waals surface area contributed by atoms with Gasteiger partial charge >= 0.3 is 0 Å². The average Bonchev–Trinajstić information content (AvgIpc) is 1.67. The van der Waals surface area contributed by atoms with Crippen molar-refractivity contribution >= 4 is 191 Å². The summed E-state index contributed by atoms with van der Waals surface area (Å²) in [5, 5.41) is 11.2. The minimum atomic E-state index is -3.65. The maximum Gasteiger partial charge on any atom is 0.238 e. The normalized spacial score (nSPS) is 12.4. The van der Waals surface area contributed by atoms with Crippen LogP contribution >= 0.6 is 0 Å². The quantitative estimate of drug-likeness (QED) is 0.0773. The molecule has 11 heterocycles. The van der Waals surface area contributed by atoms with Crippen molar-refractivity contribution in [3.05, 3.63) is 419 Å². The van der Waals surface area contributed by atoms with E-state index in [4.69, 9.17) is 39.9 Å². The lowest BCUT2D eigenvalue weighted by Crippen LogP contribution is -2.75. The Balaban J connectivity index is 0.673. The van der Waals surface area contributed by atoms with Crippen molar-refractivity contribution in [2.75, 3.05) is 0 Å². The van der Waals surface area contributed by atoms with Crippen molar-refractivity contribution in [2.24, 2.45) is 0 Å². The molecule has 0 radical (unpaired) electrons. The molecule has 0 fully saturated rings. The third-order valence-electron chi connectivity index (χ3n) is 26.1. The Morgan fingerprint density at radius 1 is 0.173 bits per heavy atom. The maximum atomic E-state index is 6.15. The van der Waals surface area contributed by atoms with Gasteiger partial charge in [-0.25, -0.2) is 39.0 Å². The molecule has 0 aliphatic rings. The van der Waals surface area contributed by atoms with E-state index in [0.29, 0.717) is 40.9 Å². The second-order valence-corrected chi connectivity index (χ2v) is 40.2. The first-order chi connectivity index (χ1) is 63.0. The lowest BCUT2D eigenvalue weighted by molar-refractivity contribution is 0.935. The number of hydrogen-bond acceptors (Lipinski definition) is 8. The van der Waals surface area contributed by atoms with E-state index in [-0.39, 0.29) is 0 Å². The van der Waals surface area contributed by atoms with Crippen LogP contribution in [0.5, 0.6) is 0 Å². The van der Waals surface area contributed by atoms with Gasteiger partial charge in [0.1, 0.15) is 11.6 Å². The molecule has 11 aromatic heterocycles. The van der Waals surface area contributed by atoms with Crippen LogP contribution in [0.1, 0.15) is 0 Å². The van der Waals surface area contributed by atoms with Crippen LogP contribution in [-0.4, -0.2) is 96.5 Å². The molecule has 0 spiro atoms. The van der Waals surface area contributed by atoms with Crippen LogP contribution < -0.4 is 41.8 Å². The molecule has 0 aliphatic heterocycles. The minimum absolute atomic E-state index is 0.470. The Kier molecular flexibility index (Phi) is 15.2. The van der Waals surface area contributed by atoms with Gasteiger partial charge < -0.3 is 4.57 Å². The summed E-state index contributed by atoms with van der Waals surface area (Å²) in [5.41, 5.74) is 20.1. The monoisotopic (exact) mass is 1660 g/mol. The number of nitrogens with zero attached hydrogens (tertiary/aromatic N) is 17. The maximum absolute atomic E-state index is 6.15. The van der Waals surface area contributed by atoms with Gasteiger partial charge in [0.15, 0.2) is 0 Å². The predicted molar refractivity (Wildman–Crippen MR) is 517 cm³/mol. The molecule has 0 saturated carbocycles. The van der Waals surface area contributed by atoms with E-state index >= 15 is 0 Å². The minimum Gasteiger partial charge on any atom is -0.309 e. The number of imidazole rings is 8. The van der Waals surface area contributed by atoms with Crippen LogP contribution in [-0.2, 0) is 0 Å². The average molecular weight is 1660 g/mol. The van der Waals surface area contributed by atoms with Crippen molar-refractivity contribution in [3.63, 3.8) is 0 Å². The zero-order valence-electron chi connectivity index (χ0n) is 67.9. The van der Waals surface area contributed by atoms with Crippen molar-refractivity contribution in [1.82, 2.24) is 80.3 Å². The smallest absolute Gasteiger partial charge is 0.238 e. The summed E-state index contributed by atoms with van der Waals surface area (Å²) in [6.07, 6.45) is 0. The summed E-state index contributed by atoms with van der Waals surface area (Å²) in [7, 11) is -7.03. The second kappa shape index (κ2) is 27.2. The van der Waals surface area contributed by atoms with Gasteiger partial charge in [0.05, 0.1) is 99.3 Å². The molecule has 0 saturated heterocycles. The van der Waals surface area contributed by atoms with E-state index in [1.165, 1.54) is 26.3 Å². The van der Waals surface area contributed by atoms with Crippen molar-refractivity contribution in [1.29, 1.82) is 0 Å². The largest absolute Gasteiger partial charge is 0.309 e. The molecule has 27 aromatic rings. The van der Waals surface area contributed by atoms with Crippen molar-refractivity contribution in [3.8, 4) is 40.3 Å². The number of fused-ring (bicyclic) bond motifs is 23. The first kappa shape index (κ1) is 70.7. The van der Waals surface area contributed by atoms with Crippen LogP contribution in [0, 0.1) is 0 Å². The zero-order valence-corrected chi connectivity index (χ0v) is 69.9. The fourth-order valence-corrected chi connectivity index (χ4v) is 29.9. The number of benzene rings is 16. The van der Waals surface area contributed by atoms with Crippen LogP contribution in [0.3, 0.4) is 0 Å². The molecule has 594 valence electrons. The Morgan fingerprint density at radius 3 is 0.835 bits per heavy atom. The first-order valence-electron chi connectivity index (χ1n) is 42.7. The highest BCUT2D eigenvalue weighted by molar-refractivity contribution is 7.20. The van der Waals surface area contributed by atoms with Crippen LogP contribution in [0.15, 0.2) is 419 Å². The Bertz CT molecular complexity index is 9010. The van der Waals surface area contributed by atoms with E-state index in [1.807, 2.05) is 12.1 Å². The van der Waals surface area contributed by atoms with E-state index in [9.17, 15) is 0 Å². The van der Waals surface area contributed by atoms with Gasteiger partial charge in [0.25, 0.3) is 0 Å². The predicted octanol–water partition coefficient (Wildman–Crippen LogP) is 17.8. The molecule has 19 heteroatoms. The molecular weight excluding hydrogens is 1590 g/mol. The summed E-state index contributed by atoms with van der Waals surface area (Å²) in [5.74, 6) is 5.07. The molecule has 16 aromatic carbocycles. The van der Waals surface area contributed by atoms with E-state index in [2.05, 4.69) is 447 Å². The third-order valence-corrected chi connectivity index (χ3v) is 35.3. The fraction of sp³-hybridized carbons (Fsp3) is 0. The van der Waals surface area contributed by atoms with Gasteiger partial charge in [-0.15, -0.1) is 0 Å². The summed E-state index contributed by atoms with van der Waals surface area (Å²) in [4.78, 5) is 46.3. The molecule has 27 rings (SSSR count). The Hall–Kier alpha value is -17.0. The molecule has 0 bridgehead atoms. The fourth-order valence-electron chi connectivity index (χ4n) is 20.8. The summed E-state index contributed by atoms with van der Waals surface area (Å²) in [6, 6.07) is 150. The van der Waals surface area contributed by atoms with E-state index < -0.39 is 16.1 Å². The van der Waals surface area contributed by atoms with Gasteiger partial charge in [-0.2, -0.15) is 9.97 Å². The van der Waals surface area contributed by atoms with Crippen LogP contribution in [0.2, 0.25) is 0 Å². The number of para-hydroxylation sites is 14. The lowest BCUT2D eigenvalue weighted by atomic mass is 10.0. The first-order valence-corrected chi connectivity index (χ1v) is 46.7. The molecule has 0 aliphatic carbocycles. The highest BCUT2D eigenvalue weighted by atomic mass is 28.3. The van der Waals surface area contributed by atoms with Gasteiger partial charge in [-0.05, 0) is 164 Å². The van der Waals surface area contributed by atoms with Crippen LogP contribution in [0.25, 0.3) is 174 Å². The molecule has 0 unspecified atom stereocenters. The second-order valence-electron chi connectivity index (χ2n) is 32.7. The topological polar surface area (TPSA) is 145 Å². The SMILES string of the molecule is c1ccc([Si](c2ccccc2)(c2cccc(-n3c4ccccc4c4ccccc43)c2)c2cc(-n3c4ccccc4n4c5cc(-c6ccc7nc8n(-c9nc(-n%10c%11ccccc%11n%11c%12ccccc%12nc%10%11)cc([Si](c%10ccccc%10)(c%10ccccc%10)c%10ccccc%10)n9)c9ccccc9n8c7c6)ccc5nc34)nc(-n3c4ccccc4n4c5ccccc5nc34)n2)cc1. The number of rotatable bonds is 14. The van der Waals surface area contributed by atoms with E-state index in [0.717, 1.165) is 148 Å². The Labute approximate surface area is 725 Å². The highest BCUT2D eigenvalue weighted by Crippen LogP contribution is 2.39. The molecule has 127 heavy (non-hydrogen) atoms. The molecule has 0 N–H and O–H groups in total. The van der Waals surface area contributed by atoms with Gasteiger partial charge in [-0.3, -0.25) is 26.7 Å². The summed E-state index contributed by atoms with van der Waals surface area (Å²) >= 11 is 0. The van der Waals surface area contributed by atoms with Crippen molar-refractivity contribution in [2.45, 2.75) is 0 Å². The number of hydrogen-bond donors (Lipinski definition) is 0. The summed E-state index contributed by atoms with van der Waals surface area (Å²) in [6.45, 7) is 0. The lowest BCUT2D eigenvalue weighted by Gasteiger charge is -2.34. The number of aromatic nitrogens is 17. The molecule has 0 atom stereocenters. The molecule has 0 amide bonds. The third kappa shape index (κ3) is 10.1. The highest BCUT2D eigenvalue weighted by Gasteiger charge is 2.47. The zero-order chi connectivity index (χ0) is 83.2. The van der Waals surface area contributed by atoms with Gasteiger partial charge in [0.2, 0.25) is 51.2 Å². The van der Waals surface area contributed by atoms with Gasteiger partial charge in [0, 0.05) is 39.2 Å². The molecular formula is C108H69N17Si2. The van der Waals surface area contributed by atoms with E-state index in [1.54, 1.807) is 0 Å². The summed E-state index contributed by atoms with van der Waals surface area (Å²) < 4.78 is 20.3. The van der Waals surface area contributed by atoms with Crippen molar-refractivity contribution < 1.29 is 0 Å².